The fraction of sp³-hybridized carbons (Fsp3) is 0.316. The highest BCUT2D eigenvalue weighted by Crippen LogP contribution is 2.31. The number of hydrogen-bond acceptors (Lipinski definition) is 3. The molecule has 156 valence electrons. The molecule has 1 fully saturated rings. The number of amides is 1. The van der Waals surface area contributed by atoms with E-state index in [2.05, 4.69) is 26.1 Å². The van der Waals surface area contributed by atoms with Crippen LogP contribution in [0.25, 0.3) is 0 Å². The minimum atomic E-state index is -2.26. The maximum Gasteiger partial charge on any atom is 0.229 e. The van der Waals surface area contributed by atoms with Crippen molar-refractivity contribution >= 4 is 33.2 Å². The average Bonchev–Trinajstić information content (AvgIpc) is 2.69. The Bertz CT molecular complexity index is 919. The normalized spacial score (nSPS) is 14.9. The molecule has 0 saturated carbocycles. The number of halogens is 6. The van der Waals surface area contributed by atoms with E-state index in [4.69, 9.17) is 0 Å². The molecule has 3 rings (SSSR count). The van der Waals surface area contributed by atoms with E-state index in [1.54, 1.807) is 18.2 Å². The molecule has 1 saturated heterocycles. The highest BCUT2D eigenvalue weighted by Gasteiger charge is 2.27. The molecular formula is C19H17BrF5N3O. The van der Waals surface area contributed by atoms with Crippen molar-refractivity contribution in [3.05, 3.63) is 57.3 Å². The Kier molecular flexibility index (Phi) is 6.42. The van der Waals surface area contributed by atoms with E-state index >= 15 is 0 Å². The molecule has 2 aromatic rings. The van der Waals surface area contributed by atoms with Gasteiger partial charge in [0.05, 0.1) is 17.8 Å². The fourth-order valence-corrected chi connectivity index (χ4v) is 3.45. The molecule has 0 spiro atoms. The summed E-state index contributed by atoms with van der Waals surface area (Å²) in [7, 11) is 1.99. The SMILES string of the molecule is CN1CCN(c2ccc(Br)cc2NC(=O)Cc2c(F)c(F)c(F)c(F)c2F)CC1. The molecule has 0 radical (unpaired) electrons. The Morgan fingerprint density at radius 1 is 0.966 bits per heavy atom. The second-order valence-corrected chi connectivity index (χ2v) is 7.64. The Morgan fingerprint density at radius 2 is 1.52 bits per heavy atom. The molecule has 4 nitrogen and oxygen atoms in total. The summed E-state index contributed by atoms with van der Waals surface area (Å²) in [5.74, 6) is -11.3. The molecule has 1 heterocycles. The maximum atomic E-state index is 13.9. The number of benzene rings is 2. The molecule has 0 bridgehead atoms. The van der Waals surface area contributed by atoms with Crippen LogP contribution in [0.4, 0.5) is 33.3 Å². The van der Waals surface area contributed by atoms with Gasteiger partial charge in [-0.3, -0.25) is 4.79 Å². The van der Waals surface area contributed by atoms with Crippen molar-refractivity contribution in [1.82, 2.24) is 4.90 Å². The summed E-state index contributed by atoms with van der Waals surface area (Å²) in [6, 6.07) is 5.18. The summed E-state index contributed by atoms with van der Waals surface area (Å²) in [5, 5.41) is 2.52. The van der Waals surface area contributed by atoms with Crippen LogP contribution < -0.4 is 10.2 Å². The highest BCUT2D eigenvalue weighted by atomic mass is 79.9. The molecule has 10 heteroatoms. The predicted molar refractivity (Wildman–Crippen MR) is 102 cm³/mol. The fourth-order valence-electron chi connectivity index (χ4n) is 3.09. The predicted octanol–water partition coefficient (Wildman–Crippen LogP) is 4.08. The molecule has 2 aromatic carbocycles. The Hall–Kier alpha value is -2.20. The first kappa shape index (κ1) is 21.5. The Balaban J connectivity index is 1.84. The summed E-state index contributed by atoms with van der Waals surface area (Å²) < 4.78 is 68.3. The van der Waals surface area contributed by atoms with Gasteiger partial charge in [-0.1, -0.05) is 15.9 Å². The van der Waals surface area contributed by atoms with Crippen LogP contribution in [0.1, 0.15) is 5.56 Å². The first-order valence-corrected chi connectivity index (χ1v) is 9.51. The van der Waals surface area contributed by atoms with Gasteiger partial charge in [-0.2, -0.15) is 0 Å². The number of nitrogens with zero attached hydrogens (tertiary/aromatic N) is 2. The van der Waals surface area contributed by atoms with Crippen LogP contribution in [0.15, 0.2) is 22.7 Å². The van der Waals surface area contributed by atoms with Crippen LogP contribution in [-0.2, 0) is 11.2 Å². The van der Waals surface area contributed by atoms with E-state index in [-0.39, 0.29) is 0 Å². The molecule has 0 aliphatic carbocycles. The zero-order chi connectivity index (χ0) is 21.3. The number of carbonyl (C=O) groups is 1. The van der Waals surface area contributed by atoms with Crippen LogP contribution in [0.3, 0.4) is 0 Å². The summed E-state index contributed by atoms with van der Waals surface area (Å²) >= 11 is 3.30. The zero-order valence-corrected chi connectivity index (χ0v) is 16.9. The molecular weight excluding hydrogens is 461 g/mol. The van der Waals surface area contributed by atoms with Crippen molar-refractivity contribution in [3.8, 4) is 0 Å². The Labute approximate surface area is 172 Å². The third kappa shape index (κ3) is 4.53. The Morgan fingerprint density at radius 3 is 2.10 bits per heavy atom. The topological polar surface area (TPSA) is 35.6 Å². The van der Waals surface area contributed by atoms with Gasteiger partial charge in [0.2, 0.25) is 11.7 Å². The quantitative estimate of drug-likeness (QED) is 0.409. The number of rotatable bonds is 4. The lowest BCUT2D eigenvalue weighted by Gasteiger charge is -2.35. The average molecular weight is 478 g/mol. The summed E-state index contributed by atoms with van der Waals surface area (Å²) in [4.78, 5) is 16.6. The molecule has 1 aliphatic heterocycles. The lowest BCUT2D eigenvalue weighted by atomic mass is 10.1. The van der Waals surface area contributed by atoms with E-state index < -0.39 is 47.0 Å². The van der Waals surface area contributed by atoms with Gasteiger partial charge in [0.25, 0.3) is 0 Å². The number of anilines is 2. The van der Waals surface area contributed by atoms with Crippen LogP contribution in [0, 0.1) is 29.1 Å². The molecule has 0 atom stereocenters. The number of likely N-dealkylation sites (N-methyl/N-ethyl adjacent to an activating group) is 1. The van der Waals surface area contributed by atoms with Crippen LogP contribution in [0.5, 0.6) is 0 Å². The van der Waals surface area contributed by atoms with Gasteiger partial charge >= 0.3 is 0 Å². The van der Waals surface area contributed by atoms with Gasteiger partial charge in [-0.25, -0.2) is 22.0 Å². The van der Waals surface area contributed by atoms with Crippen molar-refractivity contribution in [2.24, 2.45) is 0 Å². The number of hydrogen-bond donors (Lipinski definition) is 1. The molecule has 0 aromatic heterocycles. The minimum Gasteiger partial charge on any atom is -0.367 e. The number of piperazine rings is 1. The maximum absolute atomic E-state index is 13.9. The third-order valence-corrected chi connectivity index (χ3v) is 5.21. The first-order valence-electron chi connectivity index (χ1n) is 8.72. The van der Waals surface area contributed by atoms with E-state index in [1.165, 1.54) is 0 Å². The summed E-state index contributed by atoms with van der Waals surface area (Å²) in [6.45, 7) is 3.04. The highest BCUT2D eigenvalue weighted by molar-refractivity contribution is 9.10. The van der Waals surface area contributed by atoms with Crippen molar-refractivity contribution in [3.63, 3.8) is 0 Å². The summed E-state index contributed by atoms with van der Waals surface area (Å²) in [6.07, 6.45) is -1.000. The van der Waals surface area contributed by atoms with Crippen molar-refractivity contribution < 1.29 is 26.7 Å². The van der Waals surface area contributed by atoms with Crippen molar-refractivity contribution in [2.45, 2.75) is 6.42 Å². The number of carbonyl (C=O) groups excluding carboxylic acids is 1. The van der Waals surface area contributed by atoms with E-state index in [9.17, 15) is 26.7 Å². The minimum absolute atomic E-state index is 0.373. The van der Waals surface area contributed by atoms with Gasteiger partial charge in [-0.15, -0.1) is 0 Å². The van der Waals surface area contributed by atoms with Crippen molar-refractivity contribution in [2.75, 3.05) is 43.4 Å². The van der Waals surface area contributed by atoms with Gasteiger partial charge < -0.3 is 15.1 Å². The molecule has 29 heavy (non-hydrogen) atoms. The molecule has 1 aliphatic rings. The van der Waals surface area contributed by atoms with Gasteiger partial charge in [0.1, 0.15) is 0 Å². The molecule has 0 unspecified atom stereocenters. The monoisotopic (exact) mass is 477 g/mol. The standard InChI is InChI=1S/C19H17BrF5N3O/c1-27-4-6-28(7-5-27)13-3-2-10(20)8-12(13)26-14(29)9-11-15(21)17(23)19(25)18(24)16(11)22/h2-3,8H,4-7,9H2,1H3,(H,26,29). The van der Waals surface area contributed by atoms with E-state index in [1.807, 2.05) is 11.9 Å². The smallest absolute Gasteiger partial charge is 0.229 e. The second-order valence-electron chi connectivity index (χ2n) is 6.73. The zero-order valence-electron chi connectivity index (χ0n) is 15.3. The lowest BCUT2D eigenvalue weighted by molar-refractivity contribution is -0.115. The lowest BCUT2D eigenvalue weighted by Crippen LogP contribution is -2.44. The van der Waals surface area contributed by atoms with E-state index in [0.717, 1.165) is 13.1 Å². The third-order valence-electron chi connectivity index (χ3n) is 4.71. The van der Waals surface area contributed by atoms with Crippen LogP contribution in [0.2, 0.25) is 0 Å². The van der Waals surface area contributed by atoms with Gasteiger partial charge in [-0.05, 0) is 25.2 Å². The second kappa shape index (κ2) is 8.66. The van der Waals surface area contributed by atoms with Crippen LogP contribution >= 0.6 is 15.9 Å². The van der Waals surface area contributed by atoms with Gasteiger partial charge in [0, 0.05) is 36.2 Å². The number of nitrogens with one attached hydrogen (secondary N) is 1. The molecule has 1 amide bonds. The molecule has 1 N–H and O–H groups in total. The largest absolute Gasteiger partial charge is 0.367 e. The first-order chi connectivity index (χ1) is 13.7. The summed E-state index contributed by atoms with van der Waals surface area (Å²) in [5.41, 5.74) is -0.0973. The van der Waals surface area contributed by atoms with Crippen molar-refractivity contribution in [1.29, 1.82) is 0 Å². The van der Waals surface area contributed by atoms with E-state index in [0.29, 0.717) is 28.9 Å². The van der Waals surface area contributed by atoms with Gasteiger partial charge in [0.15, 0.2) is 23.3 Å². The van der Waals surface area contributed by atoms with Crippen LogP contribution in [-0.4, -0.2) is 44.0 Å².